The number of primary amides is 1. The van der Waals surface area contributed by atoms with Crippen LogP contribution in [0.15, 0.2) is 40.3 Å². The van der Waals surface area contributed by atoms with Crippen molar-refractivity contribution in [2.75, 3.05) is 59.2 Å². The zero-order valence-corrected chi connectivity index (χ0v) is 73.4. The van der Waals surface area contributed by atoms with Gasteiger partial charge in [-0.2, -0.15) is 19.2 Å². The standard InChI is InChI=1S/C76H136N25O24P/c1-40(2)33-51(67(113)90-48(24-17-31-86-75(82)83)62(108)92-50(26-27-58(81)105)65(111)99-56(38-104)71(117)96-53(74(120)121)35-44-19-9-8-10-20-44)94-70(116)55(37-103)98-63(109)46(22-12-15-29-78)88-61(107)45(21-11-14-28-77)89-68(114)52(34-41(3)4)95-72(118)57(39-125-126(122,123)124)100-64(110)47(23-13-16-30-79)93-73(119)59(42(5)6)101-66(112)49(25-18-32-87-76(84)85)91-69(115)54(36-102)97-60(106)43(7)80/h8-10,19-20,40-43,45-57,59,102-104,122-124H,11-18,21-39,77-80H2,1-7H3,(H24-,81,82,83,84,85,86,87,88,89,90,91,92,93,94,95,96,97,98,99,100,101,105,106,107,108,109,110,111,112,113,114,115,116,117,118,119,120,121)/p+1/t43-,45-,46-,47-,48-,49-,50-,51-,52-,53-,54-,55-,56-,57-,59-/m0/s1. The zero-order chi connectivity index (χ0) is 95.5. The molecule has 0 aromatic heterocycles. The molecule has 0 radical (unpaired) electrons. The van der Waals surface area contributed by atoms with E-state index in [1.165, 1.54) is 20.8 Å². The van der Waals surface area contributed by atoms with Crippen molar-refractivity contribution in [3.05, 3.63) is 35.9 Å². The Morgan fingerprint density at radius 1 is 0.365 bits per heavy atom. The van der Waals surface area contributed by atoms with Gasteiger partial charge >= 0.3 is 14.1 Å². The Balaban J connectivity index is 3.78. The van der Waals surface area contributed by atoms with Gasteiger partial charge < -0.3 is 146 Å². The molecular weight excluding hydrogens is 1680 g/mol. The van der Waals surface area contributed by atoms with Gasteiger partial charge in [-0.25, -0.2) is 4.79 Å². The number of nitrogens with two attached hydrogens (primary N) is 9. The van der Waals surface area contributed by atoms with Crippen molar-refractivity contribution in [3.8, 4) is 0 Å². The summed E-state index contributed by atoms with van der Waals surface area (Å²) in [5, 5.41) is 75.0. The first-order valence-corrected chi connectivity index (χ1v) is 43.1. The van der Waals surface area contributed by atoms with Crippen LogP contribution in [-0.4, -0.2) is 291 Å². The fourth-order valence-corrected chi connectivity index (χ4v) is 12.5. The summed E-state index contributed by atoms with van der Waals surface area (Å²) < 4.78 is 4.83. The number of aliphatic hydroxyl groups is 3. The van der Waals surface area contributed by atoms with Gasteiger partial charge in [-0.05, 0) is 153 Å². The lowest BCUT2D eigenvalue weighted by Gasteiger charge is -2.29. The topological polar surface area (TPSA) is 851 Å². The number of hydrogen-bond acceptors (Lipinski definition) is 29. The van der Waals surface area contributed by atoms with Gasteiger partial charge in [0.1, 0.15) is 91.2 Å². The average molecular weight is 1820 g/mol. The molecule has 0 aliphatic carbocycles. The molecule has 1 rings (SSSR count). The van der Waals surface area contributed by atoms with Gasteiger partial charge in [0.25, 0.3) is 0 Å². The van der Waals surface area contributed by atoms with Gasteiger partial charge in [0.05, 0.1) is 25.9 Å². The normalized spacial score (nSPS) is 14.9. The van der Waals surface area contributed by atoms with Crippen LogP contribution in [0.4, 0.5) is 0 Å². The van der Waals surface area contributed by atoms with Crippen molar-refractivity contribution in [2.24, 2.45) is 79.3 Å². The lowest BCUT2D eigenvalue weighted by Crippen LogP contribution is -2.62. The summed E-state index contributed by atoms with van der Waals surface area (Å²) in [6, 6.07) is -16.0. The number of aliphatic hydroxyl groups excluding tert-OH is 3. The van der Waals surface area contributed by atoms with Crippen molar-refractivity contribution < 1.29 is 116 Å². The van der Waals surface area contributed by atoms with Crippen LogP contribution in [0.1, 0.15) is 163 Å². The molecule has 0 aliphatic rings. The Morgan fingerprint density at radius 2 is 0.651 bits per heavy atom. The third kappa shape index (κ3) is 46.5. The van der Waals surface area contributed by atoms with Crippen molar-refractivity contribution in [1.29, 1.82) is 0 Å². The van der Waals surface area contributed by atoms with Crippen LogP contribution >= 0.6 is 8.17 Å². The van der Waals surface area contributed by atoms with E-state index >= 15 is 0 Å². The zero-order valence-electron chi connectivity index (χ0n) is 72.5. The Labute approximate surface area is 731 Å². The first-order chi connectivity index (χ1) is 59.3. The Hall–Kier alpha value is -10.7. The monoisotopic (exact) mass is 1820 g/mol. The number of carbonyl (C=O) groups excluding carboxylic acids is 15. The summed E-state index contributed by atoms with van der Waals surface area (Å²) in [6.45, 7) is 6.82. The molecule has 15 atom stereocenters. The molecule has 1 aromatic rings. The van der Waals surface area contributed by atoms with E-state index in [0.717, 1.165) is 0 Å². The minimum atomic E-state index is -5.23. The lowest BCUT2D eigenvalue weighted by molar-refractivity contribution is -0.142. The number of carboxylic acids is 1. The molecule has 0 saturated carbocycles. The molecule has 1 aromatic carbocycles. The minimum Gasteiger partial charge on any atom is -0.480 e. The average Bonchev–Trinajstić information content (AvgIpc) is 0.853. The number of nitrogens with one attached hydrogen (secondary N) is 14. The number of hydrogen-bond donors (Lipinski definition) is 30. The van der Waals surface area contributed by atoms with Crippen LogP contribution < -0.4 is 126 Å². The number of benzene rings is 1. The highest BCUT2D eigenvalue weighted by Gasteiger charge is 2.42. The highest BCUT2D eigenvalue weighted by atomic mass is 31.2. The number of carboxylic acid groups (broad SMARTS) is 1. The summed E-state index contributed by atoms with van der Waals surface area (Å²) in [7, 11) is -5.23. The van der Waals surface area contributed by atoms with E-state index in [1.807, 2.05) is 0 Å². The number of rotatable bonds is 65. The second-order valence-corrected chi connectivity index (χ2v) is 32.5. The Kier molecular flexibility index (Phi) is 54.7. The number of amides is 15. The smallest absolute Gasteiger partial charge is 0.480 e. The molecule has 714 valence electrons. The molecule has 0 saturated heterocycles. The number of guanidine groups is 2. The fourth-order valence-electron chi connectivity index (χ4n) is 12.1. The van der Waals surface area contributed by atoms with Gasteiger partial charge in [0.2, 0.25) is 88.6 Å². The van der Waals surface area contributed by atoms with E-state index in [2.05, 4.69) is 84.4 Å². The molecule has 0 bridgehead atoms. The van der Waals surface area contributed by atoms with Crippen molar-refractivity contribution >= 4 is 115 Å². The molecular formula is C76H137N25O24P+. The van der Waals surface area contributed by atoms with Crippen LogP contribution in [0.25, 0.3) is 0 Å². The summed E-state index contributed by atoms with van der Waals surface area (Å²) in [5.74, 6) is -19.5. The highest BCUT2D eigenvalue weighted by Crippen LogP contribution is 2.45. The maximum atomic E-state index is 14.7. The molecule has 0 unspecified atom stereocenters. The van der Waals surface area contributed by atoms with Crippen molar-refractivity contribution in [1.82, 2.24) is 74.4 Å². The number of aliphatic imine (C=N–C) groups is 2. The Bertz CT molecular complexity index is 3710. The van der Waals surface area contributed by atoms with Crippen LogP contribution in [0.3, 0.4) is 0 Å². The van der Waals surface area contributed by atoms with Gasteiger partial charge in [-0.1, -0.05) is 71.9 Å². The maximum absolute atomic E-state index is 14.7. The Morgan fingerprint density at radius 3 is 0.960 bits per heavy atom. The number of nitrogens with zero attached hydrogens (tertiary/aromatic N) is 2. The number of unbranched alkanes of at least 4 members (excludes halogenated alkanes) is 3. The van der Waals surface area contributed by atoms with Crippen molar-refractivity contribution in [3.63, 3.8) is 0 Å². The van der Waals surface area contributed by atoms with Gasteiger partial charge in [-0.3, -0.25) is 81.9 Å². The molecule has 0 aliphatic heterocycles. The van der Waals surface area contributed by atoms with E-state index in [0.29, 0.717) is 5.56 Å². The molecule has 39 N–H and O–H groups in total. The maximum Gasteiger partial charge on any atom is 0.567 e. The quantitative estimate of drug-likeness (QED) is 0.0125. The SMILES string of the molecule is CC(C)C[C@H](NC(=O)[C@H](CO)NC(=O)[C@H](CCCCN)NC(=O)[C@H](CCCCN)NC(=O)[C@H](CC(C)C)NC(=O)[C@H](CO[P+](O)(O)O)NC(=O)[C@H](CCCCN)NC(=O)[C@@H](NC(=O)[C@H](CCCN=C(N)N)NC(=O)[C@H](CO)NC(=O)[C@H](C)N)C(C)C)C(=O)N[C@@H](CCCN=C(N)N)C(=O)N[C@@H](CCC(N)=O)C(=O)N[C@@H](CO)C(=O)N[C@@H](Cc1ccccc1)C(=O)O. The van der Waals surface area contributed by atoms with Gasteiger partial charge in [-0.15, -0.1) is 0 Å². The predicted molar refractivity (Wildman–Crippen MR) is 460 cm³/mol. The van der Waals surface area contributed by atoms with Gasteiger partial charge in [0.15, 0.2) is 11.9 Å². The van der Waals surface area contributed by atoms with Crippen LogP contribution in [0.2, 0.25) is 0 Å². The molecule has 49 nitrogen and oxygen atoms in total. The van der Waals surface area contributed by atoms with Crippen LogP contribution in [-0.2, 0) is 87.7 Å². The predicted octanol–water partition coefficient (Wildman–Crippen LogP) is -10.4. The summed E-state index contributed by atoms with van der Waals surface area (Å²) in [4.78, 5) is 260. The second-order valence-electron chi connectivity index (χ2n) is 31.2. The first kappa shape index (κ1) is 113. The summed E-state index contributed by atoms with van der Waals surface area (Å²) >= 11 is 0. The van der Waals surface area contributed by atoms with E-state index in [9.17, 15) is 112 Å². The number of carbonyl (C=O) groups is 16. The largest absolute Gasteiger partial charge is 0.567 e. The summed E-state index contributed by atoms with van der Waals surface area (Å²) in [6.07, 6.45) is -1.29. The van der Waals surface area contributed by atoms with E-state index in [4.69, 9.17) is 56.1 Å². The van der Waals surface area contributed by atoms with Crippen LogP contribution in [0, 0.1) is 17.8 Å². The molecule has 15 amide bonds. The van der Waals surface area contributed by atoms with E-state index < -0.39 is 250 Å². The molecule has 126 heavy (non-hydrogen) atoms. The lowest BCUT2D eigenvalue weighted by atomic mass is 10.00. The van der Waals surface area contributed by atoms with Gasteiger partial charge in [0, 0.05) is 25.9 Å². The van der Waals surface area contributed by atoms with E-state index in [-0.39, 0.29) is 147 Å². The minimum absolute atomic E-state index is 0.0273. The third-order valence-corrected chi connectivity index (χ3v) is 19.4. The number of aliphatic carboxylic acids is 1. The van der Waals surface area contributed by atoms with Crippen molar-refractivity contribution in [2.45, 2.75) is 255 Å². The molecule has 0 heterocycles. The molecule has 0 fully saturated rings. The molecule has 50 heteroatoms. The second kappa shape index (κ2) is 60.8. The van der Waals surface area contributed by atoms with Crippen LogP contribution in [0.5, 0.6) is 0 Å². The fraction of sp³-hybridized carbons (Fsp3) is 0.684. The summed E-state index contributed by atoms with van der Waals surface area (Å²) in [5.41, 5.74) is 51.0. The van der Waals surface area contributed by atoms with E-state index in [1.54, 1.807) is 58.0 Å². The third-order valence-electron chi connectivity index (χ3n) is 18.9. The highest BCUT2D eigenvalue weighted by molar-refractivity contribution is 7.53. The first-order valence-electron chi connectivity index (χ1n) is 41.6. The molecule has 0 spiro atoms.